The second-order valence-electron chi connectivity index (χ2n) is 6.61. The van der Waals surface area contributed by atoms with Crippen LogP contribution in [0.1, 0.15) is 35.6 Å². The lowest BCUT2D eigenvalue weighted by molar-refractivity contribution is 0.243. The van der Waals surface area contributed by atoms with Crippen LogP contribution in [0, 0.1) is 13.8 Å². The number of hydrogen-bond donors (Lipinski definition) is 2. The molecule has 9 nitrogen and oxygen atoms in total. The van der Waals surface area contributed by atoms with E-state index in [-0.39, 0.29) is 12.2 Å². The Morgan fingerprint density at radius 3 is 2.64 bits per heavy atom. The monoisotopic (exact) mass is 341 g/mol. The molecule has 0 bridgehead atoms. The maximum atomic E-state index is 11.9. The Kier molecular flexibility index (Phi) is 3.79. The van der Waals surface area contributed by atoms with Crippen molar-refractivity contribution in [2.24, 2.45) is 20.7 Å². The Labute approximate surface area is 142 Å². The van der Waals surface area contributed by atoms with Gasteiger partial charge in [-0.2, -0.15) is 0 Å². The van der Waals surface area contributed by atoms with Gasteiger partial charge in [0.1, 0.15) is 0 Å². The minimum atomic E-state index is -0.628. The number of nitrogens with zero attached hydrogens (tertiary/aromatic N) is 5. The fraction of sp³-hybridized carbons (Fsp3) is 0.500. The van der Waals surface area contributed by atoms with Gasteiger partial charge in [-0.3, -0.25) is 14.5 Å². The number of aromatic nitrogens is 2. The lowest BCUT2D eigenvalue weighted by Gasteiger charge is -2.27. The molecular formula is C16H19N7O2. The topological polar surface area (TPSA) is 118 Å². The molecule has 1 fully saturated rings. The van der Waals surface area contributed by atoms with E-state index in [1.54, 1.807) is 0 Å². The summed E-state index contributed by atoms with van der Waals surface area (Å²) in [5, 5.41) is 15.2. The van der Waals surface area contributed by atoms with Crippen LogP contribution in [0.2, 0.25) is 0 Å². The summed E-state index contributed by atoms with van der Waals surface area (Å²) in [5.41, 5.74) is 3.39. The minimum Gasteiger partial charge on any atom is -0.316 e. The van der Waals surface area contributed by atoms with Gasteiger partial charge in [-0.05, 0) is 66.4 Å². The maximum Gasteiger partial charge on any atom is 0.314 e. The van der Waals surface area contributed by atoms with E-state index in [0.29, 0.717) is 17.6 Å². The fourth-order valence-corrected chi connectivity index (χ4v) is 3.78. The molecule has 0 spiro atoms. The van der Waals surface area contributed by atoms with E-state index in [1.165, 1.54) is 0 Å². The SMILES string of the molecule is Cc1cc2[nH]c(=O)c(=O)[nH]c2c(C2CCCN2CC2N=NN=N2)c1C. The fourth-order valence-electron chi connectivity index (χ4n) is 3.78. The number of benzene rings is 1. The highest BCUT2D eigenvalue weighted by Gasteiger charge is 2.31. The Morgan fingerprint density at radius 1 is 1.16 bits per heavy atom. The minimum absolute atomic E-state index is 0.134. The average molecular weight is 341 g/mol. The molecule has 25 heavy (non-hydrogen) atoms. The van der Waals surface area contributed by atoms with Crippen LogP contribution in [0.15, 0.2) is 36.3 Å². The van der Waals surface area contributed by atoms with Gasteiger partial charge in [-0.25, -0.2) is 0 Å². The second kappa shape index (κ2) is 5.99. The number of hydrogen-bond acceptors (Lipinski definition) is 7. The highest BCUT2D eigenvalue weighted by atomic mass is 16.2. The molecule has 3 heterocycles. The molecule has 0 saturated carbocycles. The van der Waals surface area contributed by atoms with Gasteiger partial charge in [-0.1, -0.05) is 0 Å². The summed E-state index contributed by atoms with van der Waals surface area (Å²) in [6.07, 6.45) is 1.76. The summed E-state index contributed by atoms with van der Waals surface area (Å²) in [6.45, 7) is 5.63. The summed E-state index contributed by atoms with van der Waals surface area (Å²) in [4.78, 5) is 31.4. The van der Waals surface area contributed by atoms with E-state index in [2.05, 4.69) is 42.5 Å². The van der Waals surface area contributed by atoms with Crippen molar-refractivity contribution in [3.05, 3.63) is 43.5 Å². The quantitative estimate of drug-likeness (QED) is 0.832. The van der Waals surface area contributed by atoms with Crippen LogP contribution in [-0.4, -0.2) is 34.1 Å². The molecule has 0 radical (unpaired) electrons. The van der Waals surface area contributed by atoms with Crippen LogP contribution in [0.5, 0.6) is 0 Å². The van der Waals surface area contributed by atoms with Crippen LogP contribution in [-0.2, 0) is 0 Å². The summed E-state index contributed by atoms with van der Waals surface area (Å²) in [7, 11) is 0. The molecular weight excluding hydrogens is 322 g/mol. The zero-order chi connectivity index (χ0) is 17.6. The first-order chi connectivity index (χ1) is 12.0. The zero-order valence-electron chi connectivity index (χ0n) is 14.1. The van der Waals surface area contributed by atoms with Crippen molar-refractivity contribution >= 4 is 11.0 Å². The standard InChI is InChI=1S/C16H19N7O2/c1-8-6-10-14(18-16(25)15(24)17-10)13(9(8)2)11-4-3-5-23(11)7-12-19-21-22-20-12/h6,11-12H,3-5,7H2,1-2H3,(H,17,24)(H,18,25). The number of H-pyrrole nitrogens is 2. The molecule has 2 aliphatic rings. The molecule has 0 aliphatic carbocycles. The molecule has 130 valence electrons. The van der Waals surface area contributed by atoms with Crippen LogP contribution in [0.25, 0.3) is 11.0 Å². The summed E-state index contributed by atoms with van der Waals surface area (Å²) < 4.78 is 0. The number of likely N-dealkylation sites (tertiary alicyclic amines) is 1. The maximum absolute atomic E-state index is 11.9. The third-order valence-corrected chi connectivity index (χ3v) is 5.09. The van der Waals surface area contributed by atoms with E-state index >= 15 is 0 Å². The van der Waals surface area contributed by atoms with Crippen molar-refractivity contribution < 1.29 is 0 Å². The van der Waals surface area contributed by atoms with Crippen LogP contribution >= 0.6 is 0 Å². The Bertz CT molecular complexity index is 992. The van der Waals surface area contributed by atoms with Crippen molar-refractivity contribution in [3.63, 3.8) is 0 Å². The van der Waals surface area contributed by atoms with Gasteiger partial charge >= 0.3 is 11.1 Å². The van der Waals surface area contributed by atoms with Crippen molar-refractivity contribution in [1.29, 1.82) is 0 Å². The smallest absolute Gasteiger partial charge is 0.314 e. The summed E-state index contributed by atoms with van der Waals surface area (Å²) in [6, 6.07) is 2.04. The summed E-state index contributed by atoms with van der Waals surface area (Å²) in [5.74, 6) is 0. The second-order valence-corrected chi connectivity index (χ2v) is 6.61. The number of nitrogens with one attached hydrogen (secondary N) is 2. The van der Waals surface area contributed by atoms with Gasteiger partial charge in [-0.15, -0.1) is 10.2 Å². The van der Waals surface area contributed by atoms with Gasteiger partial charge < -0.3 is 9.97 Å². The molecule has 0 amide bonds. The Morgan fingerprint density at radius 2 is 1.88 bits per heavy atom. The van der Waals surface area contributed by atoms with E-state index < -0.39 is 11.1 Å². The van der Waals surface area contributed by atoms with Gasteiger partial charge in [0, 0.05) is 12.6 Å². The average Bonchev–Trinajstić information content (AvgIpc) is 3.24. The first-order valence-electron chi connectivity index (χ1n) is 8.35. The van der Waals surface area contributed by atoms with Crippen molar-refractivity contribution in [3.8, 4) is 0 Å². The molecule has 1 aromatic heterocycles. The van der Waals surface area contributed by atoms with Crippen LogP contribution < -0.4 is 11.1 Å². The van der Waals surface area contributed by atoms with E-state index in [4.69, 9.17) is 0 Å². The van der Waals surface area contributed by atoms with Gasteiger partial charge in [0.2, 0.25) is 0 Å². The predicted molar refractivity (Wildman–Crippen MR) is 91.7 cm³/mol. The third-order valence-electron chi connectivity index (χ3n) is 5.09. The van der Waals surface area contributed by atoms with E-state index in [9.17, 15) is 9.59 Å². The van der Waals surface area contributed by atoms with E-state index in [0.717, 1.165) is 36.1 Å². The molecule has 1 atom stereocenters. The van der Waals surface area contributed by atoms with Gasteiger partial charge in [0.25, 0.3) is 0 Å². The first kappa shape index (κ1) is 15.8. The van der Waals surface area contributed by atoms with Crippen molar-refractivity contribution in [1.82, 2.24) is 14.9 Å². The largest absolute Gasteiger partial charge is 0.316 e. The highest BCUT2D eigenvalue weighted by molar-refractivity contribution is 5.81. The van der Waals surface area contributed by atoms with Crippen molar-refractivity contribution in [2.45, 2.75) is 38.9 Å². The first-order valence-corrected chi connectivity index (χ1v) is 8.35. The number of rotatable bonds is 3. The molecule has 2 N–H and O–H groups in total. The molecule has 1 unspecified atom stereocenters. The number of fused-ring (bicyclic) bond motifs is 1. The zero-order valence-corrected chi connectivity index (χ0v) is 14.1. The van der Waals surface area contributed by atoms with Gasteiger partial charge in [0.15, 0.2) is 6.17 Å². The lowest BCUT2D eigenvalue weighted by atomic mass is 9.93. The summed E-state index contributed by atoms with van der Waals surface area (Å²) >= 11 is 0. The molecule has 9 heteroatoms. The Hall–Kier alpha value is -2.68. The molecule has 1 saturated heterocycles. The van der Waals surface area contributed by atoms with Crippen LogP contribution in [0.3, 0.4) is 0 Å². The molecule has 2 aliphatic heterocycles. The third kappa shape index (κ3) is 2.70. The van der Waals surface area contributed by atoms with Crippen LogP contribution in [0.4, 0.5) is 0 Å². The number of aromatic amines is 2. The Balaban J connectivity index is 1.84. The van der Waals surface area contributed by atoms with Crippen molar-refractivity contribution in [2.75, 3.05) is 13.1 Å². The number of aryl methyl sites for hydroxylation is 1. The molecule has 2 aromatic rings. The van der Waals surface area contributed by atoms with E-state index in [1.807, 2.05) is 13.0 Å². The normalized spacial score (nSPS) is 21.0. The molecule has 4 rings (SSSR count). The predicted octanol–water partition coefficient (Wildman–Crippen LogP) is 2.13. The lowest BCUT2D eigenvalue weighted by Crippen LogP contribution is -2.32. The van der Waals surface area contributed by atoms with Gasteiger partial charge in [0.05, 0.1) is 11.0 Å². The molecule has 1 aromatic carbocycles. The highest BCUT2D eigenvalue weighted by Crippen LogP contribution is 2.38.